The van der Waals surface area contributed by atoms with E-state index in [0.717, 1.165) is 4.47 Å². The topological polar surface area (TPSA) is 73.6 Å². The second kappa shape index (κ2) is 5.98. The molecule has 0 unspecified atom stereocenters. The van der Waals surface area contributed by atoms with E-state index in [2.05, 4.69) is 26.0 Å². The van der Waals surface area contributed by atoms with Crippen LogP contribution >= 0.6 is 27.3 Å². The summed E-state index contributed by atoms with van der Waals surface area (Å²) in [5.41, 5.74) is 0.830. The second-order valence-electron chi connectivity index (χ2n) is 4.51. The predicted molar refractivity (Wildman–Crippen MR) is 85.1 cm³/mol. The first-order valence-corrected chi connectivity index (χ1v) is 7.93. The number of nitrogens with zero attached hydrogens (tertiary/aromatic N) is 3. The van der Waals surface area contributed by atoms with E-state index in [0.29, 0.717) is 21.2 Å². The molecule has 2 aromatic heterocycles. The molecule has 0 saturated heterocycles. The van der Waals surface area contributed by atoms with Crippen molar-refractivity contribution >= 4 is 38.2 Å². The van der Waals surface area contributed by atoms with Gasteiger partial charge >= 0.3 is 5.97 Å². The van der Waals surface area contributed by atoms with E-state index in [-0.39, 0.29) is 12.2 Å². The maximum absolute atomic E-state index is 12.0. The minimum absolute atomic E-state index is 0.00212. The third-order valence-electron chi connectivity index (χ3n) is 2.80. The highest BCUT2D eigenvalue weighted by atomic mass is 79.9. The van der Waals surface area contributed by atoms with Gasteiger partial charge in [-0.1, -0.05) is 33.3 Å². The molecule has 3 aromatic rings. The van der Waals surface area contributed by atoms with Crippen LogP contribution < -0.4 is 5.56 Å². The number of fused-ring (bicyclic) bond motifs is 1. The van der Waals surface area contributed by atoms with Crippen LogP contribution in [0.2, 0.25) is 0 Å². The molecule has 2 heterocycles. The highest BCUT2D eigenvalue weighted by molar-refractivity contribution is 9.10. The summed E-state index contributed by atoms with van der Waals surface area (Å²) in [4.78, 5) is 28.4. The van der Waals surface area contributed by atoms with E-state index in [1.807, 2.05) is 6.07 Å². The molecule has 0 spiro atoms. The summed E-state index contributed by atoms with van der Waals surface area (Å²) in [5, 5.41) is 4.62. The normalized spacial score (nSPS) is 10.8. The van der Waals surface area contributed by atoms with Crippen LogP contribution in [-0.4, -0.2) is 20.6 Å². The number of aromatic nitrogens is 3. The van der Waals surface area contributed by atoms with Crippen LogP contribution in [0.4, 0.5) is 0 Å². The van der Waals surface area contributed by atoms with E-state index in [9.17, 15) is 9.59 Å². The van der Waals surface area contributed by atoms with Gasteiger partial charge in [-0.3, -0.25) is 4.79 Å². The molecular weight excluding hydrogens is 370 g/mol. The fraction of sp³-hybridized carbons (Fsp3) is 0.143. The number of rotatable bonds is 3. The summed E-state index contributed by atoms with van der Waals surface area (Å²) >= 11 is 4.52. The number of carbonyl (C=O) groups is 1. The molecule has 8 heteroatoms. The zero-order valence-corrected chi connectivity index (χ0v) is 13.8. The largest absolute Gasteiger partial charge is 0.455 e. The molecule has 6 nitrogen and oxygen atoms in total. The Morgan fingerprint density at radius 2 is 2.23 bits per heavy atom. The lowest BCUT2D eigenvalue weighted by Gasteiger charge is -2.02. The van der Waals surface area contributed by atoms with Gasteiger partial charge in [0.2, 0.25) is 4.96 Å². The smallest absolute Gasteiger partial charge is 0.338 e. The van der Waals surface area contributed by atoms with Crippen molar-refractivity contribution in [1.82, 2.24) is 14.6 Å². The average molecular weight is 380 g/mol. The van der Waals surface area contributed by atoms with Crippen LogP contribution in [0, 0.1) is 6.92 Å². The second-order valence-corrected chi connectivity index (χ2v) is 6.47. The van der Waals surface area contributed by atoms with Gasteiger partial charge in [-0.05, 0) is 25.1 Å². The molecule has 0 amide bonds. The van der Waals surface area contributed by atoms with Crippen LogP contribution in [0.25, 0.3) is 4.96 Å². The summed E-state index contributed by atoms with van der Waals surface area (Å²) in [5.74, 6) is -0.447. The fourth-order valence-corrected chi connectivity index (χ4v) is 3.10. The van der Waals surface area contributed by atoms with E-state index in [1.165, 1.54) is 21.9 Å². The number of hydrogen-bond acceptors (Lipinski definition) is 6. The van der Waals surface area contributed by atoms with Gasteiger partial charge in [-0.25, -0.2) is 9.78 Å². The van der Waals surface area contributed by atoms with Crippen molar-refractivity contribution in [3.05, 3.63) is 61.4 Å². The van der Waals surface area contributed by atoms with Crippen molar-refractivity contribution < 1.29 is 9.53 Å². The van der Waals surface area contributed by atoms with Crippen LogP contribution in [-0.2, 0) is 11.3 Å². The zero-order chi connectivity index (χ0) is 15.7. The first kappa shape index (κ1) is 14.9. The molecule has 0 aliphatic rings. The SMILES string of the molecule is Cc1cc(=O)n2nc(COC(=O)c3cccc(Br)c3)sc2n1. The van der Waals surface area contributed by atoms with Crippen LogP contribution in [0.1, 0.15) is 21.1 Å². The quantitative estimate of drug-likeness (QED) is 0.653. The van der Waals surface area contributed by atoms with Gasteiger partial charge in [0, 0.05) is 16.2 Å². The maximum Gasteiger partial charge on any atom is 0.338 e. The Morgan fingerprint density at radius 3 is 3.00 bits per heavy atom. The Labute approximate surface area is 137 Å². The Hall–Kier alpha value is -2.06. The molecule has 1 aromatic carbocycles. The Bertz CT molecular complexity index is 919. The number of ether oxygens (including phenoxy) is 1. The average Bonchev–Trinajstić information content (AvgIpc) is 2.88. The molecule has 0 N–H and O–H groups in total. The lowest BCUT2D eigenvalue weighted by atomic mass is 10.2. The maximum atomic E-state index is 12.0. The van der Waals surface area contributed by atoms with Crippen molar-refractivity contribution in [2.75, 3.05) is 0 Å². The highest BCUT2D eigenvalue weighted by Gasteiger charge is 2.12. The standard InChI is InChI=1S/C14H10BrN3O3S/c1-8-5-12(19)18-14(16-8)22-11(17-18)7-21-13(20)9-3-2-4-10(15)6-9/h2-6H,7H2,1H3. The van der Waals surface area contributed by atoms with Gasteiger partial charge in [0.25, 0.3) is 5.56 Å². The van der Waals surface area contributed by atoms with E-state index >= 15 is 0 Å². The summed E-state index contributed by atoms with van der Waals surface area (Å²) < 4.78 is 7.22. The lowest BCUT2D eigenvalue weighted by Crippen LogP contribution is -2.14. The van der Waals surface area contributed by atoms with Crippen molar-refractivity contribution in [2.24, 2.45) is 0 Å². The minimum Gasteiger partial charge on any atom is -0.455 e. The van der Waals surface area contributed by atoms with Crippen LogP contribution in [0.5, 0.6) is 0 Å². The molecule has 0 radical (unpaired) electrons. The molecule has 112 valence electrons. The first-order chi connectivity index (χ1) is 10.5. The van der Waals surface area contributed by atoms with Crippen molar-refractivity contribution in [1.29, 1.82) is 0 Å². The predicted octanol–water partition coefficient (Wildman–Crippen LogP) is 2.58. The molecule has 22 heavy (non-hydrogen) atoms. The van der Waals surface area contributed by atoms with E-state index in [1.54, 1.807) is 25.1 Å². The third kappa shape index (κ3) is 3.07. The molecule has 0 bridgehead atoms. The Balaban J connectivity index is 1.78. The molecular formula is C14H10BrN3O3S. The first-order valence-electron chi connectivity index (χ1n) is 6.32. The summed E-state index contributed by atoms with van der Waals surface area (Å²) in [6, 6.07) is 8.33. The van der Waals surface area contributed by atoms with Crippen LogP contribution in [0.3, 0.4) is 0 Å². The zero-order valence-electron chi connectivity index (χ0n) is 11.4. The van der Waals surface area contributed by atoms with Gasteiger partial charge in [0.15, 0.2) is 5.01 Å². The van der Waals surface area contributed by atoms with Gasteiger partial charge in [0.05, 0.1) is 5.56 Å². The number of aryl methyl sites for hydroxylation is 1. The number of benzene rings is 1. The van der Waals surface area contributed by atoms with E-state index < -0.39 is 5.97 Å². The van der Waals surface area contributed by atoms with Crippen molar-refractivity contribution in [3.8, 4) is 0 Å². The van der Waals surface area contributed by atoms with Crippen LogP contribution in [0.15, 0.2) is 39.6 Å². The van der Waals surface area contributed by atoms with Gasteiger partial charge < -0.3 is 4.74 Å². The van der Waals surface area contributed by atoms with E-state index in [4.69, 9.17) is 4.74 Å². The monoisotopic (exact) mass is 379 g/mol. The molecule has 0 saturated carbocycles. The molecule has 0 fully saturated rings. The summed E-state index contributed by atoms with van der Waals surface area (Å²) in [6.07, 6.45) is 0. The number of hydrogen-bond donors (Lipinski definition) is 0. The molecule has 3 rings (SSSR count). The fourth-order valence-electron chi connectivity index (χ4n) is 1.84. The van der Waals surface area contributed by atoms with Gasteiger partial charge in [0.1, 0.15) is 6.61 Å². The number of carbonyl (C=O) groups excluding carboxylic acids is 1. The summed E-state index contributed by atoms with van der Waals surface area (Å²) in [6.45, 7) is 1.74. The minimum atomic E-state index is -0.447. The molecule has 0 aliphatic carbocycles. The molecule has 0 atom stereocenters. The van der Waals surface area contributed by atoms with Gasteiger partial charge in [-0.2, -0.15) is 9.61 Å². The van der Waals surface area contributed by atoms with Crippen molar-refractivity contribution in [2.45, 2.75) is 13.5 Å². The number of halogens is 1. The van der Waals surface area contributed by atoms with Gasteiger partial charge in [-0.15, -0.1) is 0 Å². The highest BCUT2D eigenvalue weighted by Crippen LogP contribution is 2.15. The molecule has 0 aliphatic heterocycles. The Kier molecular flexibility index (Phi) is 4.04. The van der Waals surface area contributed by atoms with Crippen molar-refractivity contribution in [3.63, 3.8) is 0 Å². The third-order valence-corrected chi connectivity index (χ3v) is 4.18. The number of esters is 1. The Morgan fingerprint density at radius 1 is 1.41 bits per heavy atom. The lowest BCUT2D eigenvalue weighted by molar-refractivity contribution is 0.0471. The summed E-state index contributed by atoms with van der Waals surface area (Å²) in [7, 11) is 0.